The highest BCUT2D eigenvalue weighted by Gasteiger charge is 2.43. The molecule has 3 heterocycles. The van der Waals surface area contributed by atoms with Crippen LogP contribution >= 0.6 is 0 Å². The first-order valence-electron chi connectivity index (χ1n) is 8.17. The normalized spacial score (nSPS) is 22.0. The number of fused-ring (bicyclic) bond motifs is 2. The molecule has 0 unspecified atom stereocenters. The van der Waals surface area contributed by atoms with Gasteiger partial charge in [0.05, 0.1) is 11.3 Å². The Morgan fingerprint density at radius 1 is 1.20 bits per heavy atom. The zero-order chi connectivity index (χ0) is 17.6. The van der Waals surface area contributed by atoms with Crippen LogP contribution in [0.2, 0.25) is 0 Å². The van der Waals surface area contributed by atoms with E-state index in [2.05, 4.69) is 10.6 Å². The van der Waals surface area contributed by atoms with E-state index in [1.54, 1.807) is 59.1 Å². The van der Waals surface area contributed by atoms with Crippen molar-refractivity contribution in [3.8, 4) is 0 Å². The smallest absolute Gasteiger partial charge is 0.268 e. The zero-order valence-electron chi connectivity index (χ0n) is 13.7. The average molecular weight is 338 g/mol. The van der Waals surface area contributed by atoms with Gasteiger partial charge in [-0.15, -0.1) is 0 Å². The number of anilines is 1. The average Bonchev–Trinajstić information content (AvgIpc) is 3.19. The minimum absolute atomic E-state index is 0.186. The fourth-order valence-electron chi connectivity index (χ4n) is 3.52. The van der Waals surface area contributed by atoms with E-state index in [-0.39, 0.29) is 23.8 Å². The van der Waals surface area contributed by atoms with E-state index in [9.17, 15) is 14.4 Å². The molecule has 3 amide bonds. The highest BCUT2D eigenvalue weighted by molar-refractivity contribution is 6.10. The molecule has 7 nitrogen and oxygen atoms in total. The van der Waals surface area contributed by atoms with Gasteiger partial charge in [0.1, 0.15) is 11.7 Å². The van der Waals surface area contributed by atoms with Gasteiger partial charge in [-0.05, 0) is 30.7 Å². The third-order valence-electron chi connectivity index (χ3n) is 4.79. The molecule has 25 heavy (non-hydrogen) atoms. The van der Waals surface area contributed by atoms with E-state index in [1.165, 1.54) is 0 Å². The summed E-state index contributed by atoms with van der Waals surface area (Å²) in [5.74, 6) is -0.605. The molecule has 0 bridgehead atoms. The Labute approximate surface area is 144 Å². The van der Waals surface area contributed by atoms with Gasteiger partial charge in [0.25, 0.3) is 11.8 Å². The van der Waals surface area contributed by atoms with Crippen molar-refractivity contribution in [2.45, 2.75) is 18.5 Å². The highest BCUT2D eigenvalue weighted by atomic mass is 16.2. The van der Waals surface area contributed by atoms with Crippen molar-refractivity contribution in [3.05, 3.63) is 53.9 Å². The van der Waals surface area contributed by atoms with Gasteiger partial charge in [-0.1, -0.05) is 12.1 Å². The number of nitrogens with zero attached hydrogens (tertiary/aromatic N) is 2. The van der Waals surface area contributed by atoms with Gasteiger partial charge in [-0.2, -0.15) is 0 Å². The van der Waals surface area contributed by atoms with Gasteiger partial charge >= 0.3 is 0 Å². The van der Waals surface area contributed by atoms with Crippen LogP contribution in [0.15, 0.2) is 42.6 Å². The standard InChI is InChI=1S/C18H18N4O3/c1-21-8-4-7-14(21)16(23)19-11-9-15-17(24)20-13-6-3-2-5-12(13)18(25)22(15)10-11/h2-8,11,15H,9-10H2,1H3,(H,19,23)(H,20,24)/t11-,15-/m0/s1. The Morgan fingerprint density at radius 3 is 2.76 bits per heavy atom. The maximum atomic E-state index is 12.8. The maximum absolute atomic E-state index is 12.8. The highest BCUT2D eigenvalue weighted by Crippen LogP contribution is 2.28. The number of aromatic nitrogens is 1. The van der Waals surface area contributed by atoms with E-state index in [1.807, 2.05) is 0 Å². The van der Waals surface area contributed by atoms with Crippen molar-refractivity contribution in [1.29, 1.82) is 0 Å². The molecule has 2 aromatic rings. The summed E-state index contributed by atoms with van der Waals surface area (Å²) in [5, 5.41) is 5.75. The van der Waals surface area contributed by atoms with E-state index >= 15 is 0 Å². The second kappa shape index (κ2) is 5.77. The van der Waals surface area contributed by atoms with Gasteiger partial charge in [-0.3, -0.25) is 14.4 Å². The lowest BCUT2D eigenvalue weighted by atomic mass is 10.1. The summed E-state index contributed by atoms with van der Waals surface area (Å²) >= 11 is 0. The first kappa shape index (κ1) is 15.4. The Balaban J connectivity index is 1.55. The van der Waals surface area contributed by atoms with Crippen molar-refractivity contribution in [3.63, 3.8) is 0 Å². The van der Waals surface area contributed by atoms with Crippen LogP contribution in [-0.2, 0) is 11.8 Å². The Kier molecular flexibility index (Phi) is 3.56. The van der Waals surface area contributed by atoms with Crippen LogP contribution in [0.4, 0.5) is 5.69 Å². The Hall–Kier alpha value is -3.09. The number of para-hydroxylation sites is 1. The molecule has 1 aromatic carbocycles. The largest absolute Gasteiger partial charge is 0.347 e. The predicted molar refractivity (Wildman–Crippen MR) is 91.2 cm³/mol. The number of carbonyl (C=O) groups excluding carboxylic acids is 3. The predicted octanol–water partition coefficient (Wildman–Crippen LogP) is 0.990. The SMILES string of the molecule is Cn1cccc1C(=O)N[C@H]1C[C@H]2C(=O)Nc3ccccc3C(=O)N2C1. The second-order valence-corrected chi connectivity index (χ2v) is 6.42. The summed E-state index contributed by atoms with van der Waals surface area (Å²) in [6.07, 6.45) is 2.20. The summed E-state index contributed by atoms with van der Waals surface area (Å²) in [6, 6.07) is 9.69. The molecule has 2 N–H and O–H groups in total. The van der Waals surface area contributed by atoms with E-state index < -0.39 is 6.04 Å². The van der Waals surface area contributed by atoms with Crippen molar-refractivity contribution >= 4 is 23.4 Å². The topological polar surface area (TPSA) is 83.4 Å². The number of carbonyl (C=O) groups is 3. The van der Waals surface area contributed by atoms with Gasteiger partial charge < -0.3 is 20.1 Å². The van der Waals surface area contributed by atoms with Crippen LogP contribution in [0, 0.1) is 0 Å². The Morgan fingerprint density at radius 2 is 2.00 bits per heavy atom. The molecule has 7 heteroatoms. The molecule has 0 radical (unpaired) electrons. The molecule has 128 valence electrons. The number of aryl methyl sites for hydroxylation is 1. The van der Waals surface area contributed by atoms with Crippen LogP contribution in [-0.4, -0.2) is 45.8 Å². The summed E-state index contributed by atoms with van der Waals surface area (Å²) in [4.78, 5) is 39.2. The number of amides is 3. The van der Waals surface area contributed by atoms with Crippen LogP contribution in [0.25, 0.3) is 0 Å². The maximum Gasteiger partial charge on any atom is 0.268 e. The van der Waals surface area contributed by atoms with Crippen molar-refractivity contribution in [2.75, 3.05) is 11.9 Å². The van der Waals surface area contributed by atoms with Gasteiger partial charge in [0, 0.05) is 25.8 Å². The third kappa shape index (κ3) is 2.57. The van der Waals surface area contributed by atoms with Crippen LogP contribution in [0.1, 0.15) is 27.3 Å². The number of nitrogens with one attached hydrogen (secondary N) is 2. The minimum atomic E-state index is -0.571. The van der Waals surface area contributed by atoms with Gasteiger partial charge in [0.15, 0.2) is 0 Å². The summed E-state index contributed by atoms with van der Waals surface area (Å²) in [5.41, 5.74) is 1.56. The molecular formula is C18H18N4O3. The molecule has 2 aliphatic heterocycles. The third-order valence-corrected chi connectivity index (χ3v) is 4.79. The lowest BCUT2D eigenvalue weighted by molar-refractivity contribution is -0.119. The molecule has 0 aliphatic carbocycles. The van der Waals surface area contributed by atoms with Gasteiger partial charge in [-0.25, -0.2) is 0 Å². The first-order valence-corrected chi connectivity index (χ1v) is 8.17. The molecular weight excluding hydrogens is 320 g/mol. The molecule has 0 saturated carbocycles. The molecule has 2 atom stereocenters. The molecule has 1 fully saturated rings. The van der Waals surface area contributed by atoms with Crippen molar-refractivity contribution < 1.29 is 14.4 Å². The van der Waals surface area contributed by atoms with E-state index in [4.69, 9.17) is 0 Å². The molecule has 0 spiro atoms. The zero-order valence-corrected chi connectivity index (χ0v) is 13.7. The summed E-state index contributed by atoms with van der Waals surface area (Å²) in [6.45, 7) is 0.321. The fraction of sp³-hybridized carbons (Fsp3) is 0.278. The number of hydrogen-bond donors (Lipinski definition) is 2. The van der Waals surface area contributed by atoms with Crippen LogP contribution in [0.3, 0.4) is 0 Å². The lowest BCUT2D eigenvalue weighted by Gasteiger charge is -2.20. The molecule has 2 aliphatic rings. The number of rotatable bonds is 2. The number of benzene rings is 1. The quantitative estimate of drug-likeness (QED) is 0.857. The van der Waals surface area contributed by atoms with Crippen LogP contribution < -0.4 is 10.6 Å². The number of hydrogen-bond acceptors (Lipinski definition) is 3. The minimum Gasteiger partial charge on any atom is -0.347 e. The lowest BCUT2D eigenvalue weighted by Crippen LogP contribution is -2.41. The second-order valence-electron chi connectivity index (χ2n) is 6.42. The fourth-order valence-corrected chi connectivity index (χ4v) is 3.52. The van der Waals surface area contributed by atoms with E-state index in [0.717, 1.165) is 0 Å². The molecule has 1 aromatic heterocycles. The first-order chi connectivity index (χ1) is 12.0. The van der Waals surface area contributed by atoms with Crippen LogP contribution in [0.5, 0.6) is 0 Å². The molecule has 4 rings (SSSR count). The van der Waals surface area contributed by atoms with Crippen molar-refractivity contribution in [2.24, 2.45) is 7.05 Å². The van der Waals surface area contributed by atoms with E-state index in [0.29, 0.717) is 29.9 Å². The van der Waals surface area contributed by atoms with Crippen molar-refractivity contribution in [1.82, 2.24) is 14.8 Å². The monoisotopic (exact) mass is 338 g/mol. The van der Waals surface area contributed by atoms with Gasteiger partial charge in [0.2, 0.25) is 5.91 Å². The summed E-state index contributed by atoms with van der Waals surface area (Å²) in [7, 11) is 1.80. The summed E-state index contributed by atoms with van der Waals surface area (Å²) < 4.78 is 1.73. The molecule has 1 saturated heterocycles. The Bertz CT molecular complexity index is 873.